The SMILES string of the molecule is Cc1nc(CN(C)C(=O)c2c(C)n[nH]c2C)n[nH]1. The van der Waals surface area contributed by atoms with Crippen LogP contribution in [0.3, 0.4) is 0 Å². The summed E-state index contributed by atoms with van der Waals surface area (Å²) in [7, 11) is 1.72. The van der Waals surface area contributed by atoms with Crippen LogP contribution in [0.5, 0.6) is 0 Å². The second kappa shape index (κ2) is 4.59. The lowest BCUT2D eigenvalue weighted by Gasteiger charge is -2.15. The zero-order chi connectivity index (χ0) is 13.3. The fourth-order valence-corrected chi connectivity index (χ4v) is 1.80. The first kappa shape index (κ1) is 12.3. The van der Waals surface area contributed by atoms with E-state index in [4.69, 9.17) is 0 Å². The van der Waals surface area contributed by atoms with Crippen LogP contribution in [-0.4, -0.2) is 43.2 Å². The fourth-order valence-electron chi connectivity index (χ4n) is 1.80. The third kappa shape index (κ3) is 2.24. The van der Waals surface area contributed by atoms with Gasteiger partial charge in [0, 0.05) is 12.7 Å². The summed E-state index contributed by atoms with van der Waals surface area (Å²) in [4.78, 5) is 18.0. The van der Waals surface area contributed by atoms with Gasteiger partial charge < -0.3 is 4.90 Å². The van der Waals surface area contributed by atoms with Crippen LogP contribution in [-0.2, 0) is 6.54 Å². The highest BCUT2D eigenvalue weighted by Gasteiger charge is 2.20. The van der Waals surface area contributed by atoms with Crippen LogP contribution >= 0.6 is 0 Å². The first-order valence-electron chi connectivity index (χ1n) is 5.64. The van der Waals surface area contributed by atoms with Crippen molar-refractivity contribution in [3.05, 3.63) is 28.6 Å². The van der Waals surface area contributed by atoms with Gasteiger partial charge in [-0.2, -0.15) is 10.2 Å². The smallest absolute Gasteiger partial charge is 0.257 e. The average Bonchev–Trinajstić information content (AvgIpc) is 2.85. The summed E-state index contributed by atoms with van der Waals surface area (Å²) in [6, 6.07) is 0. The van der Waals surface area contributed by atoms with E-state index >= 15 is 0 Å². The van der Waals surface area contributed by atoms with E-state index < -0.39 is 0 Å². The van der Waals surface area contributed by atoms with Gasteiger partial charge in [0.1, 0.15) is 5.82 Å². The number of nitrogens with zero attached hydrogens (tertiary/aromatic N) is 4. The molecule has 2 aromatic heterocycles. The van der Waals surface area contributed by atoms with E-state index in [1.165, 1.54) is 0 Å². The minimum atomic E-state index is -0.0822. The predicted molar refractivity (Wildman–Crippen MR) is 65.0 cm³/mol. The predicted octanol–water partition coefficient (Wildman–Crippen LogP) is 0.725. The number of nitrogens with one attached hydrogen (secondary N) is 2. The molecule has 0 saturated carbocycles. The second-order valence-corrected chi connectivity index (χ2v) is 4.31. The van der Waals surface area contributed by atoms with E-state index in [-0.39, 0.29) is 5.91 Å². The monoisotopic (exact) mass is 248 g/mol. The molecule has 0 unspecified atom stereocenters. The van der Waals surface area contributed by atoms with Crippen molar-refractivity contribution in [2.45, 2.75) is 27.3 Å². The van der Waals surface area contributed by atoms with E-state index in [0.29, 0.717) is 23.6 Å². The van der Waals surface area contributed by atoms with E-state index in [9.17, 15) is 4.79 Å². The number of hydrogen-bond donors (Lipinski definition) is 2. The Hall–Kier alpha value is -2.18. The van der Waals surface area contributed by atoms with Crippen LogP contribution in [0.4, 0.5) is 0 Å². The van der Waals surface area contributed by atoms with Gasteiger partial charge in [-0.1, -0.05) is 0 Å². The molecule has 1 amide bonds. The zero-order valence-electron chi connectivity index (χ0n) is 10.9. The number of aromatic nitrogens is 5. The molecule has 0 aliphatic rings. The Kier molecular flexibility index (Phi) is 3.14. The van der Waals surface area contributed by atoms with Crippen LogP contribution in [0.1, 0.15) is 33.4 Å². The molecule has 96 valence electrons. The summed E-state index contributed by atoms with van der Waals surface area (Å²) in [5, 5.41) is 13.6. The molecule has 0 aromatic carbocycles. The van der Waals surface area contributed by atoms with Crippen LogP contribution in [0, 0.1) is 20.8 Å². The third-order valence-corrected chi connectivity index (χ3v) is 2.71. The van der Waals surface area contributed by atoms with Crippen LogP contribution in [0.25, 0.3) is 0 Å². The van der Waals surface area contributed by atoms with Crippen molar-refractivity contribution < 1.29 is 4.79 Å². The molecule has 0 spiro atoms. The quantitative estimate of drug-likeness (QED) is 0.837. The molecule has 0 bridgehead atoms. The van der Waals surface area contributed by atoms with E-state index in [2.05, 4.69) is 25.4 Å². The summed E-state index contributed by atoms with van der Waals surface area (Å²) in [6.07, 6.45) is 0. The highest BCUT2D eigenvalue weighted by Crippen LogP contribution is 2.12. The topological polar surface area (TPSA) is 90.6 Å². The lowest BCUT2D eigenvalue weighted by atomic mass is 10.2. The number of aromatic amines is 2. The van der Waals surface area contributed by atoms with Crippen molar-refractivity contribution in [1.82, 2.24) is 30.3 Å². The Balaban J connectivity index is 2.14. The van der Waals surface area contributed by atoms with E-state index in [0.717, 1.165) is 11.5 Å². The van der Waals surface area contributed by atoms with Gasteiger partial charge in [-0.15, -0.1) is 0 Å². The molecule has 7 nitrogen and oxygen atoms in total. The van der Waals surface area contributed by atoms with Crippen molar-refractivity contribution >= 4 is 5.91 Å². The minimum absolute atomic E-state index is 0.0822. The van der Waals surface area contributed by atoms with Gasteiger partial charge in [0.05, 0.1) is 17.8 Å². The molecular weight excluding hydrogens is 232 g/mol. The Labute approximate surface area is 105 Å². The molecule has 2 N–H and O–H groups in total. The van der Waals surface area contributed by atoms with Crippen LogP contribution in [0.15, 0.2) is 0 Å². The minimum Gasteiger partial charge on any atom is -0.334 e. The highest BCUT2D eigenvalue weighted by molar-refractivity contribution is 5.96. The van der Waals surface area contributed by atoms with E-state index in [1.807, 2.05) is 20.8 Å². The maximum Gasteiger partial charge on any atom is 0.257 e. The number of carbonyl (C=O) groups excluding carboxylic acids is 1. The standard InChI is InChI=1S/C11H16N6O/c1-6-10(7(2)14-13-6)11(18)17(4)5-9-12-8(3)15-16-9/h5H2,1-4H3,(H,13,14)(H,12,15,16). The summed E-state index contributed by atoms with van der Waals surface area (Å²) < 4.78 is 0. The van der Waals surface area contributed by atoms with E-state index in [1.54, 1.807) is 11.9 Å². The lowest BCUT2D eigenvalue weighted by molar-refractivity contribution is 0.0780. The molecule has 0 aliphatic heterocycles. The summed E-state index contributed by atoms with van der Waals surface area (Å²) in [5.74, 6) is 1.25. The van der Waals surface area contributed by atoms with Gasteiger partial charge in [0.15, 0.2) is 5.82 Å². The fraction of sp³-hybridized carbons (Fsp3) is 0.455. The maximum atomic E-state index is 12.3. The number of aryl methyl sites for hydroxylation is 3. The first-order valence-corrected chi connectivity index (χ1v) is 5.64. The molecular formula is C11H16N6O. The van der Waals surface area contributed by atoms with Gasteiger partial charge in [-0.25, -0.2) is 4.98 Å². The number of carbonyl (C=O) groups is 1. The zero-order valence-corrected chi connectivity index (χ0v) is 10.9. The Bertz CT molecular complexity index is 550. The number of H-pyrrole nitrogens is 2. The highest BCUT2D eigenvalue weighted by atomic mass is 16.2. The molecule has 7 heteroatoms. The molecule has 0 radical (unpaired) electrons. The average molecular weight is 248 g/mol. The molecule has 0 saturated heterocycles. The molecule has 18 heavy (non-hydrogen) atoms. The van der Waals surface area contributed by atoms with Crippen LogP contribution in [0.2, 0.25) is 0 Å². The third-order valence-electron chi connectivity index (χ3n) is 2.71. The van der Waals surface area contributed by atoms with Crippen molar-refractivity contribution in [2.24, 2.45) is 0 Å². The second-order valence-electron chi connectivity index (χ2n) is 4.31. The lowest BCUT2D eigenvalue weighted by Crippen LogP contribution is -2.27. The van der Waals surface area contributed by atoms with Gasteiger partial charge >= 0.3 is 0 Å². The van der Waals surface area contributed by atoms with Gasteiger partial charge in [-0.05, 0) is 20.8 Å². The molecule has 0 atom stereocenters. The Morgan fingerprint density at radius 1 is 1.22 bits per heavy atom. The van der Waals surface area contributed by atoms with Crippen molar-refractivity contribution in [2.75, 3.05) is 7.05 Å². The van der Waals surface area contributed by atoms with Gasteiger partial charge in [-0.3, -0.25) is 15.0 Å². The van der Waals surface area contributed by atoms with Crippen molar-refractivity contribution in [1.29, 1.82) is 0 Å². The molecule has 0 aliphatic carbocycles. The molecule has 2 heterocycles. The Morgan fingerprint density at radius 3 is 2.44 bits per heavy atom. The largest absolute Gasteiger partial charge is 0.334 e. The summed E-state index contributed by atoms with van der Waals surface area (Å²) >= 11 is 0. The van der Waals surface area contributed by atoms with Crippen molar-refractivity contribution in [3.63, 3.8) is 0 Å². The molecule has 2 rings (SSSR count). The van der Waals surface area contributed by atoms with Crippen molar-refractivity contribution in [3.8, 4) is 0 Å². The van der Waals surface area contributed by atoms with Gasteiger partial charge in [0.2, 0.25) is 0 Å². The number of amides is 1. The number of hydrogen-bond acceptors (Lipinski definition) is 4. The Morgan fingerprint density at radius 2 is 1.94 bits per heavy atom. The number of rotatable bonds is 3. The van der Waals surface area contributed by atoms with Crippen LogP contribution < -0.4 is 0 Å². The van der Waals surface area contributed by atoms with Gasteiger partial charge in [0.25, 0.3) is 5.91 Å². The first-order chi connectivity index (χ1) is 8.49. The maximum absolute atomic E-state index is 12.3. The molecule has 2 aromatic rings. The summed E-state index contributed by atoms with van der Waals surface area (Å²) in [5.41, 5.74) is 2.09. The summed E-state index contributed by atoms with van der Waals surface area (Å²) in [6.45, 7) is 5.83. The normalized spacial score (nSPS) is 10.7. The molecule has 0 fully saturated rings.